The Bertz CT molecular complexity index is 474. The zero-order valence-corrected chi connectivity index (χ0v) is 9.69. The first-order valence-corrected chi connectivity index (χ1v) is 6.05. The van der Waals surface area contributed by atoms with Gasteiger partial charge in [-0.15, -0.1) is 11.3 Å². The van der Waals surface area contributed by atoms with Crippen molar-refractivity contribution in [3.05, 3.63) is 22.3 Å². The SMILES string of the molecule is Cc1cc(-c2n[nH]c(C3CC3)n2)sc1C. The number of rotatable bonds is 2. The molecule has 1 N–H and O–H groups in total. The molecule has 0 amide bonds. The number of aromatic nitrogens is 3. The highest BCUT2D eigenvalue weighted by Gasteiger charge is 2.27. The fourth-order valence-corrected chi connectivity index (χ4v) is 2.58. The Balaban J connectivity index is 1.97. The molecule has 0 spiro atoms. The molecule has 0 atom stereocenters. The van der Waals surface area contributed by atoms with Crippen LogP contribution in [0.3, 0.4) is 0 Å². The van der Waals surface area contributed by atoms with E-state index in [1.54, 1.807) is 11.3 Å². The number of thiophene rings is 1. The standard InChI is InChI=1S/C11H13N3S/c1-6-5-9(15-7(6)2)11-12-10(13-14-11)8-3-4-8/h5,8H,3-4H2,1-2H3,(H,12,13,14). The first-order chi connectivity index (χ1) is 7.24. The first-order valence-electron chi connectivity index (χ1n) is 5.24. The molecular weight excluding hydrogens is 206 g/mol. The van der Waals surface area contributed by atoms with Gasteiger partial charge < -0.3 is 0 Å². The van der Waals surface area contributed by atoms with Crippen molar-refractivity contribution in [1.29, 1.82) is 0 Å². The molecule has 0 bridgehead atoms. The maximum Gasteiger partial charge on any atom is 0.191 e. The van der Waals surface area contributed by atoms with Crippen molar-refractivity contribution in [2.75, 3.05) is 0 Å². The van der Waals surface area contributed by atoms with Crippen LogP contribution in [0.5, 0.6) is 0 Å². The molecule has 1 aliphatic rings. The smallest absolute Gasteiger partial charge is 0.191 e. The molecule has 4 heteroatoms. The van der Waals surface area contributed by atoms with Crippen LogP contribution in [-0.4, -0.2) is 15.2 Å². The van der Waals surface area contributed by atoms with E-state index in [0.29, 0.717) is 5.92 Å². The first kappa shape index (κ1) is 9.09. The Morgan fingerprint density at radius 2 is 2.20 bits per heavy atom. The third kappa shape index (κ3) is 1.59. The van der Waals surface area contributed by atoms with Crippen LogP contribution in [0.25, 0.3) is 10.7 Å². The van der Waals surface area contributed by atoms with Gasteiger partial charge in [0.25, 0.3) is 0 Å². The third-order valence-corrected chi connectivity index (χ3v) is 4.00. The average molecular weight is 219 g/mol. The van der Waals surface area contributed by atoms with Crippen LogP contribution in [0.15, 0.2) is 6.07 Å². The lowest BCUT2D eigenvalue weighted by atomic mass is 10.3. The molecule has 15 heavy (non-hydrogen) atoms. The lowest BCUT2D eigenvalue weighted by Crippen LogP contribution is -1.80. The van der Waals surface area contributed by atoms with Crippen molar-refractivity contribution < 1.29 is 0 Å². The summed E-state index contributed by atoms with van der Waals surface area (Å²) < 4.78 is 0. The van der Waals surface area contributed by atoms with Gasteiger partial charge in [0.05, 0.1) is 4.88 Å². The fraction of sp³-hybridized carbons (Fsp3) is 0.455. The monoisotopic (exact) mass is 219 g/mol. The van der Waals surface area contributed by atoms with E-state index in [9.17, 15) is 0 Å². The molecule has 1 aliphatic carbocycles. The summed E-state index contributed by atoms with van der Waals surface area (Å²) in [4.78, 5) is 7.06. The predicted octanol–water partition coefficient (Wildman–Crippen LogP) is 3.03. The quantitative estimate of drug-likeness (QED) is 0.843. The van der Waals surface area contributed by atoms with Crippen LogP contribution in [-0.2, 0) is 0 Å². The van der Waals surface area contributed by atoms with E-state index in [-0.39, 0.29) is 0 Å². The molecule has 0 saturated heterocycles. The van der Waals surface area contributed by atoms with Crippen molar-refractivity contribution in [3.63, 3.8) is 0 Å². The zero-order valence-electron chi connectivity index (χ0n) is 8.87. The van der Waals surface area contributed by atoms with Crippen molar-refractivity contribution >= 4 is 11.3 Å². The number of aryl methyl sites for hydroxylation is 2. The Kier molecular flexibility index (Phi) is 1.92. The van der Waals surface area contributed by atoms with Gasteiger partial charge in [0.2, 0.25) is 0 Å². The molecule has 2 heterocycles. The minimum Gasteiger partial charge on any atom is -0.262 e. The molecule has 1 saturated carbocycles. The summed E-state index contributed by atoms with van der Waals surface area (Å²) in [6, 6.07) is 2.17. The van der Waals surface area contributed by atoms with Gasteiger partial charge in [0, 0.05) is 10.8 Å². The summed E-state index contributed by atoms with van der Waals surface area (Å²) in [5.74, 6) is 2.57. The zero-order chi connectivity index (χ0) is 10.4. The van der Waals surface area contributed by atoms with E-state index in [1.165, 1.54) is 28.2 Å². The van der Waals surface area contributed by atoms with Gasteiger partial charge in [-0.1, -0.05) is 0 Å². The van der Waals surface area contributed by atoms with E-state index < -0.39 is 0 Å². The van der Waals surface area contributed by atoms with Crippen molar-refractivity contribution in [1.82, 2.24) is 15.2 Å². The maximum atomic E-state index is 4.54. The molecule has 3 nitrogen and oxygen atoms in total. The van der Waals surface area contributed by atoms with Crippen LogP contribution < -0.4 is 0 Å². The number of hydrogen-bond donors (Lipinski definition) is 1. The maximum absolute atomic E-state index is 4.54. The van der Waals surface area contributed by atoms with Gasteiger partial charge in [-0.25, -0.2) is 4.98 Å². The Morgan fingerprint density at radius 3 is 2.80 bits per heavy atom. The molecule has 0 radical (unpaired) electrons. The minimum absolute atomic E-state index is 0.647. The second kappa shape index (κ2) is 3.17. The number of nitrogens with zero attached hydrogens (tertiary/aromatic N) is 2. The third-order valence-electron chi connectivity index (χ3n) is 2.85. The van der Waals surface area contributed by atoms with Gasteiger partial charge in [0.1, 0.15) is 5.82 Å². The molecule has 0 aromatic carbocycles. The molecule has 78 valence electrons. The van der Waals surface area contributed by atoms with Gasteiger partial charge >= 0.3 is 0 Å². The van der Waals surface area contributed by atoms with E-state index >= 15 is 0 Å². The second-order valence-corrected chi connectivity index (χ2v) is 5.42. The average Bonchev–Trinajstić information content (AvgIpc) is 2.85. The number of aromatic amines is 1. The van der Waals surface area contributed by atoms with Crippen molar-refractivity contribution in [2.45, 2.75) is 32.6 Å². The molecule has 1 fully saturated rings. The molecule has 2 aromatic heterocycles. The van der Waals surface area contributed by atoms with Crippen LogP contribution in [0, 0.1) is 13.8 Å². The van der Waals surface area contributed by atoms with E-state index in [2.05, 4.69) is 35.1 Å². The highest BCUT2D eigenvalue weighted by molar-refractivity contribution is 7.15. The number of nitrogens with one attached hydrogen (secondary N) is 1. The second-order valence-electron chi connectivity index (χ2n) is 4.17. The molecule has 3 rings (SSSR count). The van der Waals surface area contributed by atoms with E-state index in [4.69, 9.17) is 0 Å². The summed E-state index contributed by atoms with van der Waals surface area (Å²) in [7, 11) is 0. The Labute approximate surface area is 92.6 Å². The lowest BCUT2D eigenvalue weighted by Gasteiger charge is -1.85. The molecule has 0 aliphatic heterocycles. The Morgan fingerprint density at radius 1 is 1.40 bits per heavy atom. The van der Waals surface area contributed by atoms with Crippen LogP contribution in [0.1, 0.15) is 35.0 Å². The molecule has 2 aromatic rings. The topological polar surface area (TPSA) is 41.6 Å². The highest BCUT2D eigenvalue weighted by atomic mass is 32.1. The van der Waals surface area contributed by atoms with E-state index in [1.807, 2.05) is 0 Å². The summed E-state index contributed by atoms with van der Waals surface area (Å²) in [5, 5.41) is 7.32. The predicted molar refractivity (Wildman–Crippen MR) is 61.1 cm³/mol. The fourth-order valence-electron chi connectivity index (χ4n) is 1.61. The summed E-state index contributed by atoms with van der Waals surface area (Å²) in [6.45, 7) is 4.27. The summed E-state index contributed by atoms with van der Waals surface area (Å²) >= 11 is 1.77. The summed E-state index contributed by atoms with van der Waals surface area (Å²) in [5.41, 5.74) is 1.33. The molecule has 0 unspecified atom stereocenters. The van der Waals surface area contributed by atoms with Crippen LogP contribution in [0.2, 0.25) is 0 Å². The van der Waals surface area contributed by atoms with Crippen LogP contribution >= 0.6 is 11.3 Å². The Hall–Kier alpha value is -1.16. The lowest BCUT2D eigenvalue weighted by molar-refractivity contribution is 0.935. The number of hydrogen-bond acceptors (Lipinski definition) is 3. The van der Waals surface area contributed by atoms with Gasteiger partial charge in [-0.05, 0) is 38.3 Å². The van der Waals surface area contributed by atoms with Gasteiger partial charge in [0.15, 0.2) is 5.82 Å². The molecular formula is C11H13N3S. The van der Waals surface area contributed by atoms with Crippen LogP contribution in [0.4, 0.5) is 0 Å². The minimum atomic E-state index is 0.647. The van der Waals surface area contributed by atoms with Crippen molar-refractivity contribution in [3.8, 4) is 10.7 Å². The highest BCUT2D eigenvalue weighted by Crippen LogP contribution is 2.39. The number of H-pyrrole nitrogens is 1. The van der Waals surface area contributed by atoms with Crippen molar-refractivity contribution in [2.24, 2.45) is 0 Å². The largest absolute Gasteiger partial charge is 0.262 e. The van der Waals surface area contributed by atoms with E-state index in [0.717, 1.165) is 11.6 Å². The summed E-state index contributed by atoms with van der Waals surface area (Å²) in [6.07, 6.45) is 2.52. The van der Waals surface area contributed by atoms with Gasteiger partial charge in [-0.3, -0.25) is 5.10 Å². The normalized spacial score (nSPS) is 15.9. The van der Waals surface area contributed by atoms with Gasteiger partial charge in [-0.2, -0.15) is 5.10 Å².